The summed E-state index contributed by atoms with van der Waals surface area (Å²) < 4.78 is 13.5. The number of para-hydroxylation sites is 1. The van der Waals surface area contributed by atoms with Gasteiger partial charge in [0.1, 0.15) is 5.82 Å². The fraction of sp³-hybridized carbons (Fsp3) is 0.133. The Labute approximate surface area is 121 Å². The second kappa shape index (κ2) is 6.96. The molecule has 3 nitrogen and oxygen atoms in total. The highest BCUT2D eigenvalue weighted by molar-refractivity contribution is 8.00. The SMILES string of the molecule is NC(=O)CSc1ccccc1NCc1ccccc1F. The molecular weight excluding hydrogens is 275 g/mol. The van der Waals surface area contributed by atoms with Crippen molar-refractivity contribution in [3.63, 3.8) is 0 Å². The number of hydrogen-bond donors (Lipinski definition) is 2. The van der Waals surface area contributed by atoms with E-state index in [0.717, 1.165) is 10.6 Å². The van der Waals surface area contributed by atoms with Crippen molar-refractivity contribution in [2.75, 3.05) is 11.1 Å². The average molecular weight is 290 g/mol. The van der Waals surface area contributed by atoms with E-state index in [1.165, 1.54) is 17.8 Å². The largest absolute Gasteiger partial charge is 0.380 e. The molecule has 3 N–H and O–H groups in total. The summed E-state index contributed by atoms with van der Waals surface area (Å²) in [6.07, 6.45) is 0. The summed E-state index contributed by atoms with van der Waals surface area (Å²) in [7, 11) is 0. The monoisotopic (exact) mass is 290 g/mol. The van der Waals surface area contributed by atoms with Gasteiger partial charge in [-0.05, 0) is 18.2 Å². The molecule has 104 valence electrons. The molecule has 0 aliphatic heterocycles. The molecule has 0 spiro atoms. The van der Waals surface area contributed by atoms with Gasteiger partial charge in [0.05, 0.1) is 5.75 Å². The fourth-order valence-electron chi connectivity index (χ4n) is 1.72. The number of hydrogen-bond acceptors (Lipinski definition) is 3. The molecule has 20 heavy (non-hydrogen) atoms. The second-order valence-corrected chi connectivity index (χ2v) is 5.21. The van der Waals surface area contributed by atoms with Gasteiger partial charge in [-0.1, -0.05) is 30.3 Å². The lowest BCUT2D eigenvalue weighted by Crippen LogP contribution is -2.13. The Bertz CT molecular complexity index is 604. The molecule has 2 rings (SSSR count). The first-order valence-corrected chi connectivity index (χ1v) is 7.13. The summed E-state index contributed by atoms with van der Waals surface area (Å²) in [4.78, 5) is 11.8. The highest BCUT2D eigenvalue weighted by atomic mass is 32.2. The Kier molecular flexibility index (Phi) is 5.01. The Hall–Kier alpha value is -2.01. The van der Waals surface area contributed by atoms with Crippen molar-refractivity contribution in [1.82, 2.24) is 0 Å². The van der Waals surface area contributed by atoms with E-state index in [0.29, 0.717) is 12.1 Å². The number of benzene rings is 2. The quantitative estimate of drug-likeness (QED) is 0.804. The molecule has 0 bridgehead atoms. The van der Waals surface area contributed by atoms with E-state index in [1.54, 1.807) is 18.2 Å². The molecular formula is C15H15FN2OS. The van der Waals surface area contributed by atoms with Gasteiger partial charge in [0, 0.05) is 22.7 Å². The van der Waals surface area contributed by atoms with Crippen molar-refractivity contribution in [1.29, 1.82) is 0 Å². The van der Waals surface area contributed by atoms with Gasteiger partial charge in [-0.2, -0.15) is 0 Å². The number of amides is 1. The first-order chi connectivity index (χ1) is 9.66. The minimum absolute atomic E-state index is 0.221. The number of halogens is 1. The number of anilines is 1. The third kappa shape index (κ3) is 3.99. The van der Waals surface area contributed by atoms with Crippen LogP contribution in [0, 0.1) is 5.82 Å². The minimum Gasteiger partial charge on any atom is -0.380 e. The summed E-state index contributed by atoms with van der Waals surface area (Å²) >= 11 is 1.36. The Morgan fingerprint density at radius 3 is 2.60 bits per heavy atom. The number of thioether (sulfide) groups is 1. The molecule has 1 amide bonds. The summed E-state index contributed by atoms with van der Waals surface area (Å²) in [6, 6.07) is 14.2. The van der Waals surface area contributed by atoms with Gasteiger partial charge in [0.2, 0.25) is 5.91 Å². The Morgan fingerprint density at radius 1 is 1.15 bits per heavy atom. The summed E-state index contributed by atoms with van der Waals surface area (Å²) in [5.74, 6) is -0.376. The third-order valence-corrected chi connectivity index (χ3v) is 3.78. The topological polar surface area (TPSA) is 55.1 Å². The van der Waals surface area contributed by atoms with E-state index in [9.17, 15) is 9.18 Å². The number of nitrogens with one attached hydrogen (secondary N) is 1. The molecule has 0 heterocycles. The van der Waals surface area contributed by atoms with E-state index in [2.05, 4.69) is 5.32 Å². The maximum absolute atomic E-state index is 13.5. The van der Waals surface area contributed by atoms with Crippen LogP contribution in [-0.2, 0) is 11.3 Å². The van der Waals surface area contributed by atoms with Crippen LogP contribution in [0.1, 0.15) is 5.56 Å². The molecule has 2 aromatic rings. The summed E-state index contributed by atoms with van der Waals surface area (Å²) in [5, 5.41) is 3.18. The number of carbonyl (C=O) groups excluding carboxylic acids is 1. The predicted octanol–water partition coefficient (Wildman–Crippen LogP) is 3.02. The Balaban J connectivity index is 2.06. The average Bonchev–Trinajstić information content (AvgIpc) is 2.45. The lowest BCUT2D eigenvalue weighted by atomic mass is 10.2. The van der Waals surface area contributed by atoms with Crippen molar-refractivity contribution in [3.05, 3.63) is 59.9 Å². The maximum Gasteiger partial charge on any atom is 0.227 e. The van der Waals surface area contributed by atoms with Crippen molar-refractivity contribution >= 4 is 23.4 Å². The van der Waals surface area contributed by atoms with E-state index >= 15 is 0 Å². The summed E-state index contributed by atoms with van der Waals surface area (Å²) in [6.45, 7) is 0.390. The predicted molar refractivity (Wildman–Crippen MR) is 80.1 cm³/mol. The molecule has 0 saturated heterocycles. The van der Waals surface area contributed by atoms with E-state index < -0.39 is 0 Å². The molecule has 5 heteroatoms. The molecule has 0 fully saturated rings. The molecule has 0 aromatic heterocycles. The van der Waals surface area contributed by atoms with Gasteiger partial charge in [0.15, 0.2) is 0 Å². The van der Waals surface area contributed by atoms with Crippen LogP contribution in [0.4, 0.5) is 10.1 Å². The van der Waals surface area contributed by atoms with Crippen LogP contribution >= 0.6 is 11.8 Å². The fourth-order valence-corrected chi connectivity index (χ4v) is 2.49. The van der Waals surface area contributed by atoms with Crippen LogP contribution in [0.3, 0.4) is 0 Å². The molecule has 0 radical (unpaired) electrons. The zero-order valence-corrected chi connectivity index (χ0v) is 11.6. The van der Waals surface area contributed by atoms with Crippen LogP contribution in [-0.4, -0.2) is 11.7 Å². The molecule has 0 aliphatic rings. The van der Waals surface area contributed by atoms with Crippen molar-refractivity contribution in [2.45, 2.75) is 11.4 Å². The van der Waals surface area contributed by atoms with Gasteiger partial charge < -0.3 is 11.1 Å². The maximum atomic E-state index is 13.5. The molecule has 0 unspecified atom stereocenters. The molecule has 0 saturated carbocycles. The van der Waals surface area contributed by atoms with Crippen LogP contribution in [0.15, 0.2) is 53.4 Å². The van der Waals surface area contributed by atoms with E-state index in [-0.39, 0.29) is 17.5 Å². The molecule has 0 aliphatic carbocycles. The lowest BCUT2D eigenvalue weighted by molar-refractivity contribution is -0.115. The van der Waals surface area contributed by atoms with E-state index in [1.807, 2.05) is 24.3 Å². The van der Waals surface area contributed by atoms with Crippen LogP contribution in [0.2, 0.25) is 0 Å². The minimum atomic E-state index is -0.362. The van der Waals surface area contributed by atoms with Gasteiger partial charge in [-0.15, -0.1) is 11.8 Å². The molecule has 0 atom stereocenters. The van der Waals surface area contributed by atoms with Gasteiger partial charge >= 0.3 is 0 Å². The molecule has 2 aromatic carbocycles. The van der Waals surface area contributed by atoms with Crippen molar-refractivity contribution < 1.29 is 9.18 Å². The van der Waals surface area contributed by atoms with Crippen molar-refractivity contribution in [2.24, 2.45) is 5.73 Å². The Morgan fingerprint density at radius 2 is 1.85 bits per heavy atom. The number of carbonyl (C=O) groups is 1. The van der Waals surface area contributed by atoms with E-state index in [4.69, 9.17) is 5.73 Å². The van der Waals surface area contributed by atoms with Crippen LogP contribution in [0.5, 0.6) is 0 Å². The first kappa shape index (κ1) is 14.4. The number of primary amides is 1. The van der Waals surface area contributed by atoms with Crippen molar-refractivity contribution in [3.8, 4) is 0 Å². The number of rotatable bonds is 6. The van der Waals surface area contributed by atoms with Crippen LogP contribution < -0.4 is 11.1 Å². The smallest absolute Gasteiger partial charge is 0.227 e. The zero-order valence-electron chi connectivity index (χ0n) is 10.8. The highest BCUT2D eigenvalue weighted by Crippen LogP contribution is 2.27. The lowest BCUT2D eigenvalue weighted by Gasteiger charge is -2.11. The standard InChI is InChI=1S/C15H15FN2OS/c16-12-6-2-1-5-11(12)9-18-13-7-3-4-8-14(13)20-10-15(17)19/h1-8,18H,9-10H2,(H2,17,19). The zero-order chi connectivity index (χ0) is 14.4. The third-order valence-electron chi connectivity index (χ3n) is 2.68. The number of nitrogens with two attached hydrogens (primary N) is 1. The van der Waals surface area contributed by atoms with Gasteiger partial charge in [0.25, 0.3) is 0 Å². The van der Waals surface area contributed by atoms with Gasteiger partial charge in [-0.3, -0.25) is 4.79 Å². The van der Waals surface area contributed by atoms with Crippen LogP contribution in [0.25, 0.3) is 0 Å². The highest BCUT2D eigenvalue weighted by Gasteiger charge is 2.05. The first-order valence-electron chi connectivity index (χ1n) is 6.14. The van der Waals surface area contributed by atoms with Gasteiger partial charge in [-0.25, -0.2) is 4.39 Å². The second-order valence-electron chi connectivity index (χ2n) is 4.20. The summed E-state index contributed by atoms with van der Waals surface area (Å²) in [5.41, 5.74) is 6.61. The normalized spacial score (nSPS) is 10.2.